The lowest BCUT2D eigenvalue weighted by molar-refractivity contribution is 0.0518. The molecule has 1 atom stereocenters. The summed E-state index contributed by atoms with van der Waals surface area (Å²) in [6, 6.07) is 6.50. The van der Waals surface area contributed by atoms with Crippen LogP contribution in [0.15, 0.2) is 24.3 Å². The lowest BCUT2D eigenvalue weighted by atomic mass is 9.97. The zero-order chi connectivity index (χ0) is 12.9. The molecular formula is C12H15IO4. The topological polar surface area (TPSA) is 66.8 Å². The molecule has 1 rings (SSSR count). The molecule has 0 aliphatic carbocycles. The summed E-state index contributed by atoms with van der Waals surface area (Å²) in [5.74, 6) is 0.283. The molecule has 1 aromatic carbocycles. The lowest BCUT2D eigenvalue weighted by Crippen LogP contribution is -2.36. The maximum Gasteiger partial charge on any atom is 0.194 e. The van der Waals surface area contributed by atoms with Crippen LogP contribution in [0.2, 0.25) is 0 Å². The molecule has 0 bridgehead atoms. The molecule has 0 amide bonds. The number of hydrogen-bond acceptors (Lipinski definition) is 4. The number of alkyl halides is 1. The van der Waals surface area contributed by atoms with Crippen molar-refractivity contribution in [2.24, 2.45) is 0 Å². The molecule has 0 saturated heterocycles. The Morgan fingerprint density at radius 1 is 1.41 bits per heavy atom. The summed E-state index contributed by atoms with van der Waals surface area (Å²) in [5, 5.41) is 18.4. The minimum atomic E-state index is -1.34. The lowest BCUT2D eigenvalue weighted by Gasteiger charge is -2.18. The zero-order valence-corrected chi connectivity index (χ0v) is 11.7. The van der Waals surface area contributed by atoms with Gasteiger partial charge in [-0.1, -0.05) is 22.6 Å². The largest absolute Gasteiger partial charge is 0.491 e. The van der Waals surface area contributed by atoms with Crippen molar-refractivity contribution >= 4 is 28.4 Å². The summed E-state index contributed by atoms with van der Waals surface area (Å²) >= 11 is 1.97. The summed E-state index contributed by atoms with van der Waals surface area (Å²) < 4.78 is 5.52. The van der Waals surface area contributed by atoms with E-state index < -0.39 is 5.60 Å². The third kappa shape index (κ3) is 3.93. The number of Topliss-reactive ketones (excluding diaryl/α,β-unsaturated/α-hetero) is 1. The number of ketones is 1. The van der Waals surface area contributed by atoms with Crippen molar-refractivity contribution in [3.05, 3.63) is 29.8 Å². The van der Waals surface area contributed by atoms with Crippen molar-refractivity contribution < 1.29 is 19.7 Å². The molecule has 0 aliphatic heterocycles. The van der Waals surface area contributed by atoms with E-state index in [0.717, 1.165) is 0 Å². The Kier molecular flexibility index (Phi) is 5.35. The van der Waals surface area contributed by atoms with Crippen LogP contribution in [-0.2, 0) is 0 Å². The van der Waals surface area contributed by atoms with E-state index in [1.165, 1.54) is 6.92 Å². The van der Waals surface area contributed by atoms with E-state index in [1.54, 1.807) is 24.3 Å². The van der Waals surface area contributed by atoms with Gasteiger partial charge >= 0.3 is 0 Å². The summed E-state index contributed by atoms with van der Waals surface area (Å²) in [6.45, 7) is 1.67. The minimum Gasteiger partial charge on any atom is -0.491 e. The molecule has 0 aromatic heterocycles. The first kappa shape index (κ1) is 14.4. The quantitative estimate of drug-likeness (QED) is 0.463. The monoisotopic (exact) mass is 350 g/mol. The highest BCUT2D eigenvalue weighted by molar-refractivity contribution is 14.1. The average Bonchev–Trinajstić information content (AvgIpc) is 2.36. The Bertz CT molecular complexity index is 373. The molecule has 1 aromatic rings. The SMILES string of the molecule is CC(O)(CI)C(=O)c1ccc(OCCO)cc1. The molecule has 0 fully saturated rings. The van der Waals surface area contributed by atoms with Gasteiger partial charge in [-0.3, -0.25) is 4.79 Å². The van der Waals surface area contributed by atoms with E-state index in [4.69, 9.17) is 9.84 Å². The first-order valence-electron chi connectivity index (χ1n) is 5.18. The van der Waals surface area contributed by atoms with E-state index in [1.807, 2.05) is 22.6 Å². The molecule has 5 heteroatoms. The van der Waals surface area contributed by atoms with Crippen LogP contribution in [-0.4, -0.2) is 39.2 Å². The summed E-state index contributed by atoms with van der Waals surface area (Å²) in [4.78, 5) is 11.9. The number of halogens is 1. The van der Waals surface area contributed by atoms with E-state index in [2.05, 4.69) is 0 Å². The van der Waals surface area contributed by atoms with Crippen LogP contribution in [0, 0.1) is 0 Å². The smallest absolute Gasteiger partial charge is 0.194 e. The zero-order valence-electron chi connectivity index (χ0n) is 9.52. The van der Waals surface area contributed by atoms with Gasteiger partial charge in [0.15, 0.2) is 5.78 Å². The van der Waals surface area contributed by atoms with Crippen molar-refractivity contribution in [1.82, 2.24) is 0 Å². The van der Waals surface area contributed by atoms with Crippen molar-refractivity contribution in [2.45, 2.75) is 12.5 Å². The van der Waals surface area contributed by atoms with Gasteiger partial charge in [0.1, 0.15) is 18.0 Å². The van der Waals surface area contributed by atoms with E-state index in [0.29, 0.717) is 15.7 Å². The normalized spacial score (nSPS) is 14.1. The number of aliphatic hydroxyl groups is 2. The summed E-state index contributed by atoms with van der Waals surface area (Å²) in [6.07, 6.45) is 0. The van der Waals surface area contributed by atoms with Crippen LogP contribution in [0.3, 0.4) is 0 Å². The number of carbonyl (C=O) groups is 1. The molecule has 0 saturated carbocycles. The fraction of sp³-hybridized carbons (Fsp3) is 0.417. The fourth-order valence-electron chi connectivity index (χ4n) is 1.24. The highest BCUT2D eigenvalue weighted by Gasteiger charge is 2.29. The molecular weight excluding hydrogens is 335 g/mol. The second-order valence-corrected chi connectivity index (χ2v) is 4.60. The molecule has 0 heterocycles. The number of carbonyl (C=O) groups excluding carboxylic acids is 1. The third-order valence-electron chi connectivity index (χ3n) is 2.23. The van der Waals surface area contributed by atoms with Gasteiger partial charge in [0, 0.05) is 9.99 Å². The predicted molar refractivity (Wildman–Crippen MR) is 72.9 cm³/mol. The van der Waals surface area contributed by atoms with E-state index >= 15 is 0 Å². The van der Waals surface area contributed by atoms with Crippen molar-refractivity contribution in [3.8, 4) is 5.75 Å². The van der Waals surface area contributed by atoms with Gasteiger partial charge in [-0.2, -0.15) is 0 Å². The number of hydrogen-bond donors (Lipinski definition) is 2. The maximum absolute atomic E-state index is 11.9. The molecule has 4 nitrogen and oxygen atoms in total. The van der Waals surface area contributed by atoms with Gasteiger partial charge < -0.3 is 14.9 Å². The highest BCUT2D eigenvalue weighted by Crippen LogP contribution is 2.18. The first-order chi connectivity index (χ1) is 8.01. The molecule has 2 N–H and O–H groups in total. The number of rotatable bonds is 6. The Morgan fingerprint density at radius 3 is 2.47 bits per heavy atom. The first-order valence-corrected chi connectivity index (χ1v) is 6.70. The molecule has 94 valence electrons. The van der Waals surface area contributed by atoms with Crippen LogP contribution < -0.4 is 4.74 Å². The van der Waals surface area contributed by atoms with E-state index in [-0.39, 0.29) is 19.0 Å². The molecule has 0 aliphatic rings. The van der Waals surface area contributed by atoms with Gasteiger partial charge in [-0.25, -0.2) is 0 Å². The van der Waals surface area contributed by atoms with Crippen molar-refractivity contribution in [2.75, 3.05) is 17.6 Å². The second kappa shape index (κ2) is 6.32. The third-order valence-corrected chi connectivity index (χ3v) is 3.71. The summed E-state index contributed by atoms with van der Waals surface area (Å²) in [5.41, 5.74) is -0.892. The van der Waals surface area contributed by atoms with Gasteiger partial charge in [-0.05, 0) is 31.2 Å². The number of benzene rings is 1. The Labute approximate surface area is 114 Å². The Hall–Kier alpha value is -0.660. The standard InChI is InChI=1S/C12H15IO4/c1-12(16,8-13)11(15)9-2-4-10(5-3-9)17-7-6-14/h2-5,14,16H,6-8H2,1H3. The van der Waals surface area contributed by atoms with Crippen LogP contribution in [0.5, 0.6) is 5.75 Å². The predicted octanol–water partition coefficient (Wildman–Crippen LogP) is 1.43. The Morgan fingerprint density at radius 2 is 2.00 bits per heavy atom. The highest BCUT2D eigenvalue weighted by atomic mass is 127. The second-order valence-electron chi connectivity index (χ2n) is 3.83. The number of ether oxygens (including phenoxy) is 1. The molecule has 0 spiro atoms. The van der Waals surface area contributed by atoms with Gasteiger partial charge in [-0.15, -0.1) is 0 Å². The minimum absolute atomic E-state index is 0.0514. The molecule has 1 unspecified atom stereocenters. The van der Waals surface area contributed by atoms with Crippen molar-refractivity contribution in [3.63, 3.8) is 0 Å². The molecule has 17 heavy (non-hydrogen) atoms. The van der Waals surface area contributed by atoms with Crippen LogP contribution in [0.4, 0.5) is 0 Å². The van der Waals surface area contributed by atoms with Gasteiger partial charge in [0.25, 0.3) is 0 Å². The van der Waals surface area contributed by atoms with Crippen LogP contribution in [0.25, 0.3) is 0 Å². The Balaban J connectivity index is 2.77. The number of aliphatic hydroxyl groups excluding tert-OH is 1. The maximum atomic E-state index is 11.9. The fourth-order valence-corrected chi connectivity index (χ4v) is 1.58. The van der Waals surface area contributed by atoms with Crippen LogP contribution >= 0.6 is 22.6 Å². The average molecular weight is 350 g/mol. The van der Waals surface area contributed by atoms with Crippen molar-refractivity contribution in [1.29, 1.82) is 0 Å². The van der Waals surface area contributed by atoms with Crippen LogP contribution in [0.1, 0.15) is 17.3 Å². The van der Waals surface area contributed by atoms with E-state index in [9.17, 15) is 9.90 Å². The van der Waals surface area contributed by atoms with Gasteiger partial charge in [0.05, 0.1) is 6.61 Å². The van der Waals surface area contributed by atoms with Gasteiger partial charge in [0.2, 0.25) is 0 Å². The molecule has 0 radical (unpaired) electrons. The summed E-state index contributed by atoms with van der Waals surface area (Å²) in [7, 11) is 0.